The van der Waals surface area contributed by atoms with Crippen LogP contribution in [0, 0.1) is 0 Å². The molecule has 2 aromatic carbocycles. The van der Waals surface area contributed by atoms with Crippen molar-refractivity contribution in [3.63, 3.8) is 0 Å². The number of rotatable bonds is 6. The molecular formula is C24H24BrN3O4. The van der Waals surface area contributed by atoms with Gasteiger partial charge in [-0.25, -0.2) is 0 Å². The van der Waals surface area contributed by atoms with Crippen LogP contribution in [0.2, 0.25) is 0 Å². The van der Waals surface area contributed by atoms with E-state index in [1.54, 1.807) is 37.3 Å². The van der Waals surface area contributed by atoms with Crippen LogP contribution in [0.4, 0.5) is 0 Å². The number of nitrogens with two attached hydrogens (primary N) is 1. The van der Waals surface area contributed by atoms with Crippen LogP contribution in [0.3, 0.4) is 0 Å². The Morgan fingerprint density at radius 2 is 1.88 bits per heavy atom. The number of nitrogens with zero attached hydrogens (tertiary/aromatic N) is 1. The maximum atomic E-state index is 13.0. The Morgan fingerprint density at radius 1 is 1.16 bits per heavy atom. The van der Waals surface area contributed by atoms with Crippen LogP contribution in [0.25, 0.3) is 0 Å². The number of fused-ring (bicyclic) bond motifs is 1. The number of amides is 2. The molecule has 32 heavy (non-hydrogen) atoms. The SMILES string of the molecule is COc1cc2c(c(Br)c1OC)CN(Cc1ccc(C(=O)NC3=CCCC=C3N)cc1)C2=O. The summed E-state index contributed by atoms with van der Waals surface area (Å²) in [6, 6.07) is 8.94. The molecule has 0 aromatic heterocycles. The molecule has 7 nitrogen and oxygen atoms in total. The number of carbonyl (C=O) groups is 2. The van der Waals surface area contributed by atoms with Gasteiger partial charge < -0.3 is 25.4 Å². The highest BCUT2D eigenvalue weighted by Crippen LogP contribution is 2.43. The molecule has 2 amide bonds. The lowest BCUT2D eigenvalue weighted by Crippen LogP contribution is -2.27. The van der Waals surface area contributed by atoms with Crippen LogP contribution >= 0.6 is 15.9 Å². The van der Waals surface area contributed by atoms with Crippen LogP contribution in [0.5, 0.6) is 11.5 Å². The Morgan fingerprint density at radius 3 is 2.53 bits per heavy atom. The third kappa shape index (κ3) is 4.10. The Bertz CT molecular complexity index is 1140. The summed E-state index contributed by atoms with van der Waals surface area (Å²) in [6.07, 6.45) is 5.58. The lowest BCUT2D eigenvalue weighted by Gasteiger charge is -2.16. The number of halogens is 1. The average Bonchev–Trinajstić information content (AvgIpc) is 3.11. The molecule has 2 aromatic rings. The molecule has 0 fully saturated rings. The van der Waals surface area contributed by atoms with Crippen molar-refractivity contribution in [1.29, 1.82) is 0 Å². The van der Waals surface area contributed by atoms with Crippen molar-refractivity contribution >= 4 is 27.7 Å². The van der Waals surface area contributed by atoms with E-state index in [-0.39, 0.29) is 11.8 Å². The van der Waals surface area contributed by atoms with Crippen molar-refractivity contribution in [1.82, 2.24) is 10.2 Å². The monoisotopic (exact) mass is 497 g/mol. The fourth-order valence-electron chi connectivity index (χ4n) is 3.89. The van der Waals surface area contributed by atoms with Gasteiger partial charge in [-0.05, 0) is 52.5 Å². The fourth-order valence-corrected chi connectivity index (χ4v) is 4.59. The second-order valence-electron chi connectivity index (χ2n) is 7.62. The average molecular weight is 498 g/mol. The molecule has 0 saturated carbocycles. The lowest BCUT2D eigenvalue weighted by molar-refractivity contribution is 0.0766. The zero-order valence-electron chi connectivity index (χ0n) is 17.9. The highest BCUT2D eigenvalue weighted by Gasteiger charge is 2.32. The largest absolute Gasteiger partial charge is 0.493 e. The maximum Gasteiger partial charge on any atom is 0.255 e. The van der Waals surface area contributed by atoms with E-state index >= 15 is 0 Å². The zero-order valence-corrected chi connectivity index (χ0v) is 19.5. The first-order valence-corrected chi connectivity index (χ1v) is 11.0. The van der Waals surface area contributed by atoms with Crippen molar-refractivity contribution in [3.8, 4) is 11.5 Å². The summed E-state index contributed by atoms with van der Waals surface area (Å²) in [7, 11) is 3.11. The second kappa shape index (κ2) is 9.08. The second-order valence-corrected chi connectivity index (χ2v) is 8.41. The number of hydrogen-bond donors (Lipinski definition) is 2. The van der Waals surface area contributed by atoms with E-state index in [0.29, 0.717) is 47.1 Å². The molecule has 4 rings (SSSR count). The third-order valence-corrected chi connectivity index (χ3v) is 6.45. The zero-order chi connectivity index (χ0) is 22.8. The van der Waals surface area contributed by atoms with Gasteiger partial charge in [0.05, 0.1) is 30.1 Å². The van der Waals surface area contributed by atoms with Gasteiger partial charge in [-0.3, -0.25) is 9.59 Å². The third-order valence-electron chi connectivity index (χ3n) is 5.61. The van der Waals surface area contributed by atoms with Crippen molar-refractivity contribution in [2.75, 3.05) is 14.2 Å². The van der Waals surface area contributed by atoms with E-state index in [4.69, 9.17) is 15.2 Å². The number of allylic oxidation sites excluding steroid dienone is 2. The fraction of sp³-hybridized carbons (Fsp3) is 0.250. The summed E-state index contributed by atoms with van der Waals surface area (Å²) in [5, 5.41) is 2.86. The number of ether oxygens (including phenoxy) is 2. The Kier molecular flexibility index (Phi) is 6.23. The summed E-state index contributed by atoms with van der Waals surface area (Å²) in [6.45, 7) is 0.879. The van der Waals surface area contributed by atoms with Gasteiger partial charge in [0.2, 0.25) is 0 Å². The standard InChI is InChI=1S/C24H24BrN3O4/c1-31-20-11-16-17(21(25)22(20)32-2)13-28(24(16)30)12-14-7-9-15(10-8-14)23(29)27-19-6-4-3-5-18(19)26/h5-11H,3-4,12-13,26H2,1-2H3,(H,27,29). The number of methoxy groups -OCH3 is 2. The molecule has 0 bridgehead atoms. The van der Waals surface area contributed by atoms with Gasteiger partial charge in [0.15, 0.2) is 11.5 Å². The first-order valence-electron chi connectivity index (χ1n) is 10.2. The molecule has 1 heterocycles. The first kappa shape index (κ1) is 22.0. The molecule has 1 aliphatic heterocycles. The topological polar surface area (TPSA) is 93.9 Å². The van der Waals surface area contributed by atoms with E-state index in [0.717, 1.165) is 28.4 Å². The van der Waals surface area contributed by atoms with E-state index in [9.17, 15) is 9.59 Å². The highest BCUT2D eigenvalue weighted by atomic mass is 79.9. The minimum Gasteiger partial charge on any atom is -0.493 e. The van der Waals surface area contributed by atoms with Gasteiger partial charge in [-0.2, -0.15) is 0 Å². The smallest absolute Gasteiger partial charge is 0.255 e. The van der Waals surface area contributed by atoms with Crippen LogP contribution in [-0.2, 0) is 13.1 Å². The summed E-state index contributed by atoms with van der Waals surface area (Å²) in [5.74, 6) is 0.788. The number of nitrogens with one attached hydrogen (secondary N) is 1. The number of hydrogen-bond acceptors (Lipinski definition) is 5. The number of carbonyl (C=O) groups excluding carboxylic acids is 2. The predicted molar refractivity (Wildman–Crippen MR) is 124 cm³/mol. The van der Waals surface area contributed by atoms with Crippen LogP contribution in [0.1, 0.15) is 44.7 Å². The minimum atomic E-state index is -0.214. The summed E-state index contributed by atoms with van der Waals surface area (Å²) >= 11 is 3.55. The highest BCUT2D eigenvalue weighted by molar-refractivity contribution is 9.10. The van der Waals surface area contributed by atoms with Crippen LogP contribution in [0.15, 0.2) is 58.4 Å². The summed E-state index contributed by atoms with van der Waals surface area (Å²) in [4.78, 5) is 27.3. The van der Waals surface area contributed by atoms with E-state index in [1.807, 2.05) is 24.3 Å². The molecule has 1 aliphatic carbocycles. The van der Waals surface area contributed by atoms with Crippen LogP contribution in [-0.4, -0.2) is 30.9 Å². The van der Waals surface area contributed by atoms with Gasteiger partial charge >= 0.3 is 0 Å². The number of benzene rings is 2. The van der Waals surface area contributed by atoms with Gasteiger partial charge in [-0.1, -0.05) is 24.3 Å². The minimum absolute atomic E-state index is 0.0741. The maximum absolute atomic E-state index is 13.0. The van der Waals surface area contributed by atoms with E-state index in [2.05, 4.69) is 21.2 Å². The molecule has 8 heteroatoms. The van der Waals surface area contributed by atoms with Crippen molar-refractivity contribution in [3.05, 3.63) is 80.6 Å². The van der Waals surface area contributed by atoms with E-state index < -0.39 is 0 Å². The van der Waals surface area contributed by atoms with Crippen molar-refractivity contribution < 1.29 is 19.1 Å². The van der Waals surface area contributed by atoms with Crippen LogP contribution < -0.4 is 20.5 Å². The predicted octanol–water partition coefficient (Wildman–Crippen LogP) is 3.87. The van der Waals surface area contributed by atoms with Gasteiger partial charge in [0.25, 0.3) is 11.8 Å². The Balaban J connectivity index is 1.46. The molecule has 3 N–H and O–H groups in total. The van der Waals surface area contributed by atoms with Crippen molar-refractivity contribution in [2.45, 2.75) is 25.9 Å². The Labute approximate surface area is 195 Å². The summed E-state index contributed by atoms with van der Waals surface area (Å²) in [5.41, 5.74) is 10.1. The molecule has 0 atom stereocenters. The molecule has 0 spiro atoms. The van der Waals surface area contributed by atoms with Crippen molar-refractivity contribution in [2.24, 2.45) is 5.73 Å². The quantitative estimate of drug-likeness (QED) is 0.631. The molecule has 2 aliphatic rings. The normalized spacial score (nSPS) is 15.1. The molecular weight excluding hydrogens is 474 g/mol. The molecule has 0 saturated heterocycles. The molecule has 0 unspecified atom stereocenters. The summed E-state index contributed by atoms with van der Waals surface area (Å²) < 4.78 is 11.5. The van der Waals surface area contributed by atoms with Gasteiger partial charge in [-0.15, -0.1) is 0 Å². The van der Waals surface area contributed by atoms with Gasteiger partial charge in [0.1, 0.15) is 0 Å². The molecule has 166 valence electrons. The first-order chi connectivity index (χ1) is 15.4. The van der Waals surface area contributed by atoms with E-state index in [1.165, 1.54) is 0 Å². The van der Waals surface area contributed by atoms with Gasteiger partial charge in [0, 0.05) is 29.8 Å². The lowest BCUT2D eigenvalue weighted by atomic mass is 10.1. The molecule has 0 radical (unpaired) electrons. The Hall–Kier alpha value is -3.26.